The predicted molar refractivity (Wildman–Crippen MR) is 123 cm³/mol. The molecule has 8 heteroatoms. The number of nitrogens with one attached hydrogen (secondary N) is 1. The van der Waals surface area contributed by atoms with Gasteiger partial charge in [0.2, 0.25) is 0 Å². The monoisotopic (exact) mass is 436 g/mol. The summed E-state index contributed by atoms with van der Waals surface area (Å²) in [6.07, 6.45) is 3.16. The molecule has 0 aliphatic heterocycles. The third kappa shape index (κ3) is 3.42. The third-order valence-electron chi connectivity index (χ3n) is 5.14. The molecule has 0 unspecified atom stereocenters. The van der Waals surface area contributed by atoms with E-state index in [1.807, 2.05) is 36.6 Å². The molecule has 0 radical (unpaired) electrons. The SMILES string of the molecule is CCOc1ccc(-c2csc(NC(=O)c3sc4nc5c(cc4c3N)CCC5)n2)cc1. The van der Waals surface area contributed by atoms with Crippen molar-refractivity contribution < 1.29 is 9.53 Å². The van der Waals surface area contributed by atoms with Gasteiger partial charge < -0.3 is 10.5 Å². The van der Waals surface area contributed by atoms with Gasteiger partial charge in [-0.1, -0.05) is 0 Å². The van der Waals surface area contributed by atoms with E-state index in [4.69, 9.17) is 15.5 Å². The first-order valence-corrected chi connectivity index (χ1v) is 11.5. The van der Waals surface area contributed by atoms with E-state index in [1.54, 1.807) is 0 Å². The van der Waals surface area contributed by atoms with Crippen molar-refractivity contribution >= 4 is 49.6 Å². The third-order valence-corrected chi connectivity index (χ3v) is 7.01. The number of fused-ring (bicyclic) bond motifs is 2. The molecule has 0 fully saturated rings. The van der Waals surface area contributed by atoms with Gasteiger partial charge in [0.1, 0.15) is 15.5 Å². The molecule has 0 saturated carbocycles. The summed E-state index contributed by atoms with van der Waals surface area (Å²) in [4.78, 5) is 23.4. The number of aromatic nitrogens is 2. The lowest BCUT2D eigenvalue weighted by atomic mass is 10.1. The van der Waals surface area contributed by atoms with E-state index >= 15 is 0 Å². The molecular weight excluding hydrogens is 416 g/mol. The molecule has 1 amide bonds. The molecule has 0 saturated heterocycles. The lowest BCUT2D eigenvalue weighted by Gasteiger charge is -2.03. The highest BCUT2D eigenvalue weighted by molar-refractivity contribution is 7.21. The molecule has 3 heterocycles. The number of rotatable bonds is 5. The molecule has 5 rings (SSSR count). The molecular formula is C22H20N4O2S2. The molecule has 3 N–H and O–H groups in total. The Bertz CT molecular complexity index is 1240. The Morgan fingerprint density at radius 3 is 2.87 bits per heavy atom. The number of hydrogen-bond acceptors (Lipinski definition) is 7. The number of aryl methyl sites for hydroxylation is 2. The summed E-state index contributed by atoms with van der Waals surface area (Å²) in [5.41, 5.74) is 11.0. The lowest BCUT2D eigenvalue weighted by Crippen LogP contribution is -2.11. The number of amides is 1. The number of anilines is 2. The summed E-state index contributed by atoms with van der Waals surface area (Å²) in [6, 6.07) is 9.85. The number of ether oxygens (including phenoxy) is 1. The summed E-state index contributed by atoms with van der Waals surface area (Å²) in [7, 11) is 0. The first-order valence-electron chi connectivity index (χ1n) is 9.83. The van der Waals surface area contributed by atoms with Crippen LogP contribution in [-0.2, 0) is 12.8 Å². The van der Waals surface area contributed by atoms with Crippen molar-refractivity contribution in [2.75, 3.05) is 17.7 Å². The van der Waals surface area contributed by atoms with Crippen molar-refractivity contribution in [3.05, 3.63) is 51.8 Å². The van der Waals surface area contributed by atoms with Gasteiger partial charge in [0.25, 0.3) is 5.91 Å². The number of nitrogens with two attached hydrogens (primary N) is 1. The Hall–Kier alpha value is -2.97. The van der Waals surface area contributed by atoms with Crippen LogP contribution in [0.3, 0.4) is 0 Å². The smallest absolute Gasteiger partial charge is 0.269 e. The van der Waals surface area contributed by atoms with E-state index in [2.05, 4.69) is 16.4 Å². The van der Waals surface area contributed by atoms with Crippen molar-refractivity contribution in [1.29, 1.82) is 0 Å². The highest BCUT2D eigenvalue weighted by Crippen LogP contribution is 2.36. The van der Waals surface area contributed by atoms with E-state index in [0.29, 0.717) is 22.3 Å². The van der Waals surface area contributed by atoms with Crippen LogP contribution >= 0.6 is 22.7 Å². The highest BCUT2D eigenvalue weighted by Gasteiger charge is 2.21. The first kappa shape index (κ1) is 19.0. The van der Waals surface area contributed by atoms with Gasteiger partial charge in [0.15, 0.2) is 5.13 Å². The van der Waals surface area contributed by atoms with Crippen molar-refractivity contribution in [3.63, 3.8) is 0 Å². The van der Waals surface area contributed by atoms with Crippen LogP contribution in [0.4, 0.5) is 10.8 Å². The van der Waals surface area contributed by atoms with Crippen LogP contribution in [0, 0.1) is 0 Å². The molecule has 0 spiro atoms. The molecule has 1 aromatic carbocycles. The Morgan fingerprint density at radius 1 is 1.23 bits per heavy atom. The summed E-state index contributed by atoms with van der Waals surface area (Å²) in [6.45, 7) is 2.58. The van der Waals surface area contributed by atoms with Crippen LogP contribution in [0.5, 0.6) is 5.75 Å². The molecule has 0 atom stereocenters. The molecule has 30 heavy (non-hydrogen) atoms. The van der Waals surface area contributed by atoms with Gasteiger partial charge in [-0.25, -0.2) is 9.97 Å². The van der Waals surface area contributed by atoms with Crippen LogP contribution in [0.25, 0.3) is 21.5 Å². The number of carbonyl (C=O) groups is 1. The topological polar surface area (TPSA) is 90.1 Å². The molecule has 152 valence electrons. The summed E-state index contributed by atoms with van der Waals surface area (Å²) >= 11 is 2.73. The van der Waals surface area contributed by atoms with Crippen molar-refractivity contribution in [2.24, 2.45) is 0 Å². The predicted octanol–water partition coefficient (Wildman–Crippen LogP) is 5.14. The first-order chi connectivity index (χ1) is 14.6. The number of nitrogens with zero attached hydrogens (tertiary/aromatic N) is 2. The Morgan fingerprint density at radius 2 is 2.07 bits per heavy atom. The van der Waals surface area contributed by atoms with E-state index in [0.717, 1.165) is 52.2 Å². The zero-order valence-corrected chi connectivity index (χ0v) is 18.0. The average molecular weight is 437 g/mol. The fourth-order valence-corrected chi connectivity index (χ4v) is 5.38. The quantitative estimate of drug-likeness (QED) is 0.452. The highest BCUT2D eigenvalue weighted by atomic mass is 32.1. The lowest BCUT2D eigenvalue weighted by molar-refractivity contribution is 0.103. The van der Waals surface area contributed by atoms with Crippen LogP contribution in [0.2, 0.25) is 0 Å². The van der Waals surface area contributed by atoms with Crippen LogP contribution in [-0.4, -0.2) is 22.5 Å². The number of carbonyl (C=O) groups excluding carboxylic acids is 1. The number of thiophene rings is 1. The van der Waals surface area contributed by atoms with Gasteiger partial charge in [-0.2, -0.15) is 0 Å². The van der Waals surface area contributed by atoms with Gasteiger partial charge in [-0.05, 0) is 62.1 Å². The largest absolute Gasteiger partial charge is 0.494 e. The maximum absolute atomic E-state index is 12.9. The Kier molecular flexibility index (Phi) is 4.88. The summed E-state index contributed by atoms with van der Waals surface area (Å²) < 4.78 is 5.47. The van der Waals surface area contributed by atoms with Crippen molar-refractivity contribution in [2.45, 2.75) is 26.2 Å². The van der Waals surface area contributed by atoms with Gasteiger partial charge in [0, 0.05) is 22.0 Å². The van der Waals surface area contributed by atoms with Crippen molar-refractivity contribution in [1.82, 2.24) is 9.97 Å². The van der Waals surface area contributed by atoms with Gasteiger partial charge >= 0.3 is 0 Å². The fourth-order valence-electron chi connectivity index (χ4n) is 3.67. The van der Waals surface area contributed by atoms with Gasteiger partial charge in [0.05, 0.1) is 18.0 Å². The minimum absolute atomic E-state index is 0.247. The average Bonchev–Trinajstić information content (AvgIpc) is 3.47. The van der Waals surface area contributed by atoms with E-state index in [-0.39, 0.29) is 5.91 Å². The van der Waals surface area contributed by atoms with E-state index < -0.39 is 0 Å². The van der Waals surface area contributed by atoms with E-state index in [9.17, 15) is 4.79 Å². The second-order valence-electron chi connectivity index (χ2n) is 7.09. The van der Waals surface area contributed by atoms with Crippen LogP contribution in [0.1, 0.15) is 34.3 Å². The second-order valence-corrected chi connectivity index (χ2v) is 8.95. The molecule has 6 nitrogen and oxygen atoms in total. The number of hydrogen-bond donors (Lipinski definition) is 2. The van der Waals surface area contributed by atoms with E-state index in [1.165, 1.54) is 28.2 Å². The molecule has 3 aromatic heterocycles. The number of thiazole rings is 1. The zero-order valence-electron chi connectivity index (χ0n) is 16.4. The molecule has 4 aromatic rings. The van der Waals surface area contributed by atoms with Crippen LogP contribution < -0.4 is 15.8 Å². The maximum Gasteiger partial charge on any atom is 0.269 e. The Labute approximate surface area is 181 Å². The molecule has 1 aliphatic carbocycles. The number of nitrogen functional groups attached to an aromatic ring is 1. The second kappa shape index (κ2) is 7.70. The minimum atomic E-state index is -0.247. The van der Waals surface area contributed by atoms with Gasteiger partial charge in [-0.3, -0.25) is 10.1 Å². The maximum atomic E-state index is 12.9. The molecule has 0 bridgehead atoms. The number of pyridine rings is 1. The normalized spacial score (nSPS) is 12.8. The molecule has 1 aliphatic rings. The zero-order chi connectivity index (χ0) is 20.7. The fraction of sp³-hybridized carbons (Fsp3) is 0.227. The van der Waals surface area contributed by atoms with Crippen molar-refractivity contribution in [3.8, 4) is 17.0 Å². The minimum Gasteiger partial charge on any atom is -0.494 e. The standard InChI is InChI=1S/C22H20N4O2S2/c1-2-28-14-8-6-12(7-9-14)17-11-29-22(25-17)26-20(27)19-18(23)15-10-13-4-3-5-16(13)24-21(15)30-19/h6-11H,2-5,23H2,1H3,(H,25,26,27). The summed E-state index contributed by atoms with van der Waals surface area (Å²) in [5, 5.41) is 6.22. The number of benzene rings is 1. The van der Waals surface area contributed by atoms with Crippen LogP contribution in [0.15, 0.2) is 35.7 Å². The Balaban J connectivity index is 1.36. The van der Waals surface area contributed by atoms with Gasteiger partial charge in [-0.15, -0.1) is 22.7 Å². The summed E-state index contributed by atoms with van der Waals surface area (Å²) in [5.74, 6) is 0.577.